The highest BCUT2D eigenvalue weighted by Crippen LogP contribution is 2.19. The second-order valence-electron chi connectivity index (χ2n) is 1.93. The van der Waals surface area contributed by atoms with Gasteiger partial charge in [0.15, 0.2) is 0 Å². The molecule has 0 unspecified atom stereocenters. The molecule has 66 valence electrons. The summed E-state index contributed by atoms with van der Waals surface area (Å²) in [5.74, 6) is -1.77. The van der Waals surface area contributed by atoms with Gasteiger partial charge in [-0.15, -0.1) is 0 Å². The van der Waals surface area contributed by atoms with Crippen LogP contribution in [0.25, 0.3) is 0 Å². The van der Waals surface area contributed by atoms with Crippen molar-refractivity contribution in [3.63, 3.8) is 0 Å². The van der Waals surface area contributed by atoms with Crippen molar-refractivity contribution in [2.24, 2.45) is 11.5 Å². The van der Waals surface area contributed by atoms with Crippen LogP contribution >= 0.6 is 0 Å². The molecule has 0 aromatic rings. The molecule has 0 spiro atoms. The minimum Gasteiger partial charge on any atom is -0.480 e. The van der Waals surface area contributed by atoms with E-state index < -0.39 is 24.2 Å². The summed E-state index contributed by atoms with van der Waals surface area (Å²) >= 11 is 0. The first-order valence-corrected chi connectivity index (χ1v) is 2.57. The Labute approximate surface area is 60.0 Å². The predicted octanol–water partition coefficient (Wildman–Crippen LogP) is -0.712. The van der Waals surface area contributed by atoms with Gasteiger partial charge in [0.2, 0.25) is 0 Å². The Kier molecular flexibility index (Phi) is 2.83. The molecule has 4 nitrogen and oxygen atoms in total. The number of hydrogen-bond donors (Lipinski definition) is 3. The molecule has 0 bridgehead atoms. The summed E-state index contributed by atoms with van der Waals surface area (Å²) < 4.78 is 34.8. The van der Waals surface area contributed by atoms with E-state index in [4.69, 9.17) is 5.11 Å². The van der Waals surface area contributed by atoms with Crippen molar-refractivity contribution >= 4 is 5.97 Å². The van der Waals surface area contributed by atoms with Gasteiger partial charge < -0.3 is 16.6 Å². The SMILES string of the molecule is N[C@H]([C@@H](N)C(=O)O)C(F)(F)F. The quantitative estimate of drug-likeness (QED) is 0.513. The number of rotatable bonds is 2. The maximum absolute atomic E-state index is 11.6. The predicted molar refractivity (Wildman–Crippen MR) is 29.6 cm³/mol. The average molecular weight is 172 g/mol. The normalized spacial score (nSPS) is 17.5. The number of aliphatic carboxylic acids is 1. The van der Waals surface area contributed by atoms with E-state index in [1.165, 1.54) is 0 Å². The number of nitrogens with two attached hydrogens (primary N) is 2. The summed E-state index contributed by atoms with van der Waals surface area (Å²) in [5.41, 5.74) is 9.07. The zero-order valence-electron chi connectivity index (χ0n) is 5.30. The minimum atomic E-state index is -4.77. The molecule has 0 aliphatic carbocycles. The molecule has 0 aromatic carbocycles. The number of carboxylic acid groups (broad SMARTS) is 1. The molecule has 7 heteroatoms. The molecule has 0 radical (unpaired) electrons. The van der Waals surface area contributed by atoms with Gasteiger partial charge in [-0.3, -0.25) is 4.79 Å². The first-order chi connectivity index (χ1) is 4.76. The zero-order chi connectivity index (χ0) is 9.23. The Morgan fingerprint density at radius 1 is 1.36 bits per heavy atom. The molecule has 5 N–H and O–H groups in total. The van der Waals surface area contributed by atoms with Gasteiger partial charge in [0, 0.05) is 0 Å². The lowest BCUT2D eigenvalue weighted by atomic mass is 10.1. The number of halogens is 3. The Bertz CT molecular complexity index is 158. The van der Waals surface area contributed by atoms with Gasteiger partial charge >= 0.3 is 12.1 Å². The van der Waals surface area contributed by atoms with Gasteiger partial charge in [-0.1, -0.05) is 0 Å². The molecule has 0 rings (SSSR count). The van der Waals surface area contributed by atoms with E-state index in [9.17, 15) is 18.0 Å². The Morgan fingerprint density at radius 3 is 1.82 bits per heavy atom. The average Bonchev–Trinajstić information content (AvgIpc) is 1.82. The van der Waals surface area contributed by atoms with Crippen LogP contribution in [0.1, 0.15) is 0 Å². The van der Waals surface area contributed by atoms with Crippen molar-refractivity contribution < 1.29 is 23.1 Å². The van der Waals surface area contributed by atoms with E-state index in [1.54, 1.807) is 0 Å². The van der Waals surface area contributed by atoms with Gasteiger partial charge in [-0.2, -0.15) is 13.2 Å². The van der Waals surface area contributed by atoms with Crippen LogP contribution in [0.2, 0.25) is 0 Å². The maximum atomic E-state index is 11.6. The Balaban J connectivity index is 4.25. The van der Waals surface area contributed by atoms with Crippen LogP contribution in [0, 0.1) is 0 Å². The third-order valence-corrected chi connectivity index (χ3v) is 1.05. The van der Waals surface area contributed by atoms with Crippen LogP contribution in [0.4, 0.5) is 13.2 Å². The molecule has 0 amide bonds. The second kappa shape index (κ2) is 3.05. The molecule has 0 aromatic heterocycles. The van der Waals surface area contributed by atoms with Crippen molar-refractivity contribution in [3.05, 3.63) is 0 Å². The smallest absolute Gasteiger partial charge is 0.405 e. The summed E-state index contributed by atoms with van der Waals surface area (Å²) in [6, 6.07) is -4.62. The molecule has 0 aliphatic heterocycles. The van der Waals surface area contributed by atoms with Crippen molar-refractivity contribution in [1.29, 1.82) is 0 Å². The molecular formula is C4H7F3N2O2. The molecule has 0 aliphatic rings. The third-order valence-electron chi connectivity index (χ3n) is 1.05. The van der Waals surface area contributed by atoms with Gasteiger partial charge in [-0.25, -0.2) is 0 Å². The first kappa shape index (κ1) is 10.2. The topological polar surface area (TPSA) is 89.3 Å². The molecule has 2 atom stereocenters. The summed E-state index contributed by atoms with van der Waals surface area (Å²) in [6.45, 7) is 0. The summed E-state index contributed by atoms with van der Waals surface area (Å²) in [4.78, 5) is 9.88. The van der Waals surface area contributed by atoms with E-state index >= 15 is 0 Å². The lowest BCUT2D eigenvalue weighted by molar-refractivity contribution is -0.164. The van der Waals surface area contributed by atoms with Crippen molar-refractivity contribution in [2.45, 2.75) is 18.3 Å². The molecule has 0 saturated carbocycles. The zero-order valence-corrected chi connectivity index (χ0v) is 5.30. The molecule has 11 heavy (non-hydrogen) atoms. The van der Waals surface area contributed by atoms with Crippen LogP contribution in [-0.4, -0.2) is 29.3 Å². The summed E-state index contributed by atoms with van der Waals surface area (Å²) in [5, 5.41) is 8.01. The van der Waals surface area contributed by atoms with Crippen molar-refractivity contribution in [3.8, 4) is 0 Å². The first-order valence-electron chi connectivity index (χ1n) is 2.57. The van der Waals surface area contributed by atoms with E-state index in [0.717, 1.165) is 0 Å². The second-order valence-corrected chi connectivity index (χ2v) is 1.93. The summed E-state index contributed by atoms with van der Waals surface area (Å²) in [7, 11) is 0. The largest absolute Gasteiger partial charge is 0.480 e. The van der Waals surface area contributed by atoms with Gasteiger partial charge in [0.25, 0.3) is 0 Å². The van der Waals surface area contributed by atoms with E-state index in [1.807, 2.05) is 0 Å². The van der Waals surface area contributed by atoms with Crippen LogP contribution in [0.5, 0.6) is 0 Å². The Morgan fingerprint density at radius 2 is 1.73 bits per heavy atom. The van der Waals surface area contributed by atoms with E-state index in [0.29, 0.717) is 0 Å². The number of hydrogen-bond acceptors (Lipinski definition) is 3. The van der Waals surface area contributed by atoms with Crippen LogP contribution < -0.4 is 11.5 Å². The number of alkyl halides is 3. The maximum Gasteiger partial charge on any atom is 0.405 e. The standard InChI is InChI=1S/C4H7F3N2O2/c5-4(6,7)2(9)1(8)3(10)11/h1-2H,8-9H2,(H,10,11)/t1-,2-/m1/s1. The number of carbonyl (C=O) groups is 1. The lowest BCUT2D eigenvalue weighted by Gasteiger charge is -2.18. The van der Waals surface area contributed by atoms with Crippen LogP contribution in [0.3, 0.4) is 0 Å². The van der Waals surface area contributed by atoms with Crippen molar-refractivity contribution in [2.75, 3.05) is 0 Å². The lowest BCUT2D eigenvalue weighted by Crippen LogP contribution is -2.55. The highest BCUT2D eigenvalue weighted by Gasteiger charge is 2.43. The molecule has 0 heterocycles. The molecular weight excluding hydrogens is 165 g/mol. The fourth-order valence-corrected chi connectivity index (χ4v) is 0.357. The summed E-state index contributed by atoms with van der Waals surface area (Å²) in [6.07, 6.45) is -4.77. The molecule has 0 saturated heterocycles. The minimum absolute atomic E-state index is 1.77. The fourth-order valence-electron chi connectivity index (χ4n) is 0.357. The van der Waals surface area contributed by atoms with Crippen LogP contribution in [0.15, 0.2) is 0 Å². The van der Waals surface area contributed by atoms with Gasteiger partial charge in [0.05, 0.1) is 0 Å². The van der Waals surface area contributed by atoms with E-state index in [2.05, 4.69) is 11.5 Å². The Hall–Kier alpha value is -0.820. The number of carboxylic acids is 1. The molecule has 0 fully saturated rings. The fraction of sp³-hybridized carbons (Fsp3) is 0.750. The van der Waals surface area contributed by atoms with E-state index in [-0.39, 0.29) is 0 Å². The highest BCUT2D eigenvalue weighted by atomic mass is 19.4. The van der Waals surface area contributed by atoms with Crippen LogP contribution in [-0.2, 0) is 4.79 Å². The van der Waals surface area contributed by atoms with Gasteiger partial charge in [0.1, 0.15) is 12.1 Å². The highest BCUT2D eigenvalue weighted by molar-refractivity contribution is 5.74. The van der Waals surface area contributed by atoms with Crippen molar-refractivity contribution in [1.82, 2.24) is 0 Å². The monoisotopic (exact) mass is 172 g/mol. The van der Waals surface area contributed by atoms with Gasteiger partial charge in [-0.05, 0) is 0 Å². The third kappa shape index (κ3) is 2.72.